The Morgan fingerprint density at radius 2 is 0.846 bits per heavy atom. The Morgan fingerprint density at radius 1 is 0.462 bits per heavy atom. The standard InChI is InChI=1S/C22H32N2.2BrH/c1(9-17-23-19-15-21-11-5-3-6-12-21)2-10-18-24-20-16-22-13-7-4-8-14-22;;/h3-8,11-14,23-24H,1-2,9-10,15-20H2;2*1H. The first-order valence-corrected chi connectivity index (χ1v) is 9.44. The third-order valence-corrected chi connectivity index (χ3v) is 4.32. The van der Waals surface area contributed by atoms with Crippen molar-refractivity contribution in [2.75, 3.05) is 26.2 Å². The highest BCUT2D eigenvalue weighted by molar-refractivity contribution is 8.93. The van der Waals surface area contributed by atoms with Gasteiger partial charge in [0, 0.05) is 0 Å². The molecule has 26 heavy (non-hydrogen) atoms. The molecule has 146 valence electrons. The van der Waals surface area contributed by atoms with Gasteiger partial charge < -0.3 is 10.6 Å². The van der Waals surface area contributed by atoms with Crippen molar-refractivity contribution in [3.05, 3.63) is 71.8 Å². The average Bonchev–Trinajstić information content (AvgIpc) is 2.64. The molecule has 2 N–H and O–H groups in total. The smallest absolute Gasteiger partial charge is 0.000835 e. The van der Waals surface area contributed by atoms with Gasteiger partial charge in [0.25, 0.3) is 0 Å². The number of benzene rings is 2. The van der Waals surface area contributed by atoms with Gasteiger partial charge in [-0.15, -0.1) is 34.0 Å². The number of rotatable bonds is 13. The fourth-order valence-electron chi connectivity index (χ4n) is 2.86. The van der Waals surface area contributed by atoms with Gasteiger partial charge in [0.1, 0.15) is 0 Å². The maximum atomic E-state index is 3.55. The van der Waals surface area contributed by atoms with E-state index < -0.39 is 0 Å². The highest BCUT2D eigenvalue weighted by Crippen LogP contribution is 2.01. The third kappa shape index (κ3) is 12.6. The molecule has 0 bridgehead atoms. The summed E-state index contributed by atoms with van der Waals surface area (Å²) in [5.74, 6) is 0. The third-order valence-electron chi connectivity index (χ3n) is 4.32. The summed E-state index contributed by atoms with van der Waals surface area (Å²) in [5.41, 5.74) is 2.85. The Kier molecular flexibility index (Phi) is 17.3. The molecule has 2 aromatic rings. The second-order valence-electron chi connectivity index (χ2n) is 6.39. The van der Waals surface area contributed by atoms with Crippen molar-refractivity contribution < 1.29 is 0 Å². The first-order chi connectivity index (χ1) is 11.9. The van der Waals surface area contributed by atoms with E-state index in [2.05, 4.69) is 71.3 Å². The second kappa shape index (κ2) is 17.7. The van der Waals surface area contributed by atoms with Gasteiger partial charge in [0.2, 0.25) is 0 Å². The zero-order valence-electron chi connectivity index (χ0n) is 15.7. The predicted molar refractivity (Wildman–Crippen MR) is 125 cm³/mol. The summed E-state index contributed by atoms with van der Waals surface area (Å²) in [7, 11) is 0. The van der Waals surface area contributed by atoms with Gasteiger partial charge in [-0.3, -0.25) is 0 Å². The van der Waals surface area contributed by atoms with Crippen LogP contribution in [0.3, 0.4) is 0 Å². The number of unbranched alkanes of at least 4 members (excludes halogenated alkanes) is 3. The van der Waals surface area contributed by atoms with Crippen molar-refractivity contribution >= 4 is 34.0 Å². The van der Waals surface area contributed by atoms with Crippen LogP contribution < -0.4 is 10.6 Å². The highest BCUT2D eigenvalue weighted by Gasteiger charge is 1.94. The first kappa shape index (κ1) is 25.3. The maximum Gasteiger partial charge on any atom is -0.000835 e. The molecule has 0 radical (unpaired) electrons. The number of hydrogen-bond acceptors (Lipinski definition) is 2. The quantitative estimate of drug-likeness (QED) is 0.373. The lowest BCUT2D eigenvalue weighted by molar-refractivity contribution is 0.564. The molecule has 2 rings (SSSR count). The molecule has 0 aromatic heterocycles. The Hall–Kier alpha value is -0.680. The van der Waals surface area contributed by atoms with Crippen molar-refractivity contribution in [1.82, 2.24) is 10.6 Å². The summed E-state index contributed by atoms with van der Waals surface area (Å²) < 4.78 is 0. The monoisotopic (exact) mass is 484 g/mol. The maximum absolute atomic E-state index is 3.55. The van der Waals surface area contributed by atoms with Gasteiger partial charge in [0.15, 0.2) is 0 Å². The first-order valence-electron chi connectivity index (χ1n) is 9.44. The minimum absolute atomic E-state index is 0. The zero-order chi connectivity index (χ0) is 16.7. The van der Waals surface area contributed by atoms with Crippen molar-refractivity contribution in [1.29, 1.82) is 0 Å². The molecule has 0 fully saturated rings. The molecule has 0 saturated heterocycles. The molecule has 2 nitrogen and oxygen atoms in total. The minimum atomic E-state index is 0. The topological polar surface area (TPSA) is 24.1 Å². The van der Waals surface area contributed by atoms with Gasteiger partial charge in [-0.2, -0.15) is 0 Å². The van der Waals surface area contributed by atoms with E-state index in [9.17, 15) is 0 Å². The number of nitrogens with one attached hydrogen (secondary N) is 2. The van der Waals surface area contributed by atoms with Crippen LogP contribution in [0, 0.1) is 0 Å². The van der Waals surface area contributed by atoms with E-state index >= 15 is 0 Å². The molecule has 0 aliphatic carbocycles. The van der Waals surface area contributed by atoms with Crippen LogP contribution in [0.4, 0.5) is 0 Å². The molecule has 0 heterocycles. The van der Waals surface area contributed by atoms with E-state index in [0.717, 1.165) is 39.0 Å². The van der Waals surface area contributed by atoms with Crippen LogP contribution in [0.1, 0.15) is 36.8 Å². The van der Waals surface area contributed by atoms with Crippen molar-refractivity contribution in [2.24, 2.45) is 0 Å². The average molecular weight is 486 g/mol. The van der Waals surface area contributed by atoms with Crippen molar-refractivity contribution in [3.8, 4) is 0 Å². The second-order valence-corrected chi connectivity index (χ2v) is 6.39. The van der Waals surface area contributed by atoms with E-state index in [-0.39, 0.29) is 34.0 Å². The van der Waals surface area contributed by atoms with E-state index in [1.165, 1.54) is 36.8 Å². The minimum Gasteiger partial charge on any atom is -0.316 e. The van der Waals surface area contributed by atoms with E-state index in [1.54, 1.807) is 0 Å². The van der Waals surface area contributed by atoms with Crippen molar-refractivity contribution in [2.45, 2.75) is 38.5 Å². The van der Waals surface area contributed by atoms with Crippen LogP contribution >= 0.6 is 34.0 Å². The Labute approximate surface area is 180 Å². The summed E-state index contributed by atoms with van der Waals surface area (Å²) in [5, 5.41) is 7.10. The van der Waals surface area contributed by atoms with Gasteiger partial charge in [0.05, 0.1) is 0 Å². The van der Waals surface area contributed by atoms with Crippen LogP contribution in [0.15, 0.2) is 60.7 Å². The molecule has 2 aromatic carbocycles. The molecule has 0 amide bonds. The molecule has 0 saturated carbocycles. The molecular formula is C22H34Br2N2. The number of halogens is 2. The Balaban J connectivity index is 0.00000312. The zero-order valence-corrected chi connectivity index (χ0v) is 19.1. The van der Waals surface area contributed by atoms with Gasteiger partial charge >= 0.3 is 0 Å². The van der Waals surface area contributed by atoms with E-state index in [0.29, 0.717) is 0 Å². The molecule has 0 spiro atoms. The van der Waals surface area contributed by atoms with Gasteiger partial charge in [-0.25, -0.2) is 0 Å². The lowest BCUT2D eigenvalue weighted by Gasteiger charge is -2.06. The highest BCUT2D eigenvalue weighted by atomic mass is 79.9. The summed E-state index contributed by atoms with van der Waals surface area (Å²) in [6.07, 6.45) is 7.51. The lowest BCUT2D eigenvalue weighted by atomic mass is 10.1. The van der Waals surface area contributed by atoms with E-state index in [4.69, 9.17) is 0 Å². The molecule has 0 aliphatic heterocycles. The molecule has 0 unspecified atom stereocenters. The van der Waals surface area contributed by atoms with Gasteiger partial charge in [-0.1, -0.05) is 73.5 Å². The van der Waals surface area contributed by atoms with Gasteiger partial charge in [-0.05, 0) is 63.0 Å². The predicted octanol–water partition coefficient (Wildman–Crippen LogP) is 5.37. The summed E-state index contributed by atoms with van der Waals surface area (Å²) in [6, 6.07) is 21.4. The molecule has 4 heteroatoms. The van der Waals surface area contributed by atoms with Crippen LogP contribution in [-0.2, 0) is 12.8 Å². The summed E-state index contributed by atoms with van der Waals surface area (Å²) >= 11 is 0. The fraction of sp³-hybridized carbons (Fsp3) is 0.455. The molecule has 0 aliphatic rings. The summed E-state index contributed by atoms with van der Waals surface area (Å²) in [6.45, 7) is 4.47. The van der Waals surface area contributed by atoms with Crippen LogP contribution in [0.25, 0.3) is 0 Å². The lowest BCUT2D eigenvalue weighted by Crippen LogP contribution is -2.19. The largest absolute Gasteiger partial charge is 0.316 e. The summed E-state index contributed by atoms with van der Waals surface area (Å²) in [4.78, 5) is 0. The number of hydrogen-bond donors (Lipinski definition) is 2. The normalized spacial score (nSPS) is 10.0. The van der Waals surface area contributed by atoms with Crippen LogP contribution in [-0.4, -0.2) is 26.2 Å². The van der Waals surface area contributed by atoms with E-state index in [1.807, 2.05) is 0 Å². The Bertz CT molecular complexity index is 471. The Morgan fingerprint density at radius 3 is 1.23 bits per heavy atom. The SMILES string of the molecule is Br.Br.c1ccc(CCNCCCCCCNCCc2ccccc2)cc1. The molecular weight excluding hydrogens is 452 g/mol. The fourth-order valence-corrected chi connectivity index (χ4v) is 2.86. The van der Waals surface area contributed by atoms with Crippen molar-refractivity contribution in [3.63, 3.8) is 0 Å². The molecule has 0 atom stereocenters. The van der Waals surface area contributed by atoms with Crippen LogP contribution in [0.2, 0.25) is 0 Å². The van der Waals surface area contributed by atoms with Crippen LogP contribution in [0.5, 0.6) is 0 Å².